The van der Waals surface area contributed by atoms with Gasteiger partial charge in [0.25, 0.3) is 5.56 Å². The lowest BCUT2D eigenvalue weighted by molar-refractivity contribution is -0.118. The Hall–Kier alpha value is -3.62. The Bertz CT molecular complexity index is 1180. The van der Waals surface area contributed by atoms with Crippen LogP contribution in [-0.2, 0) is 17.8 Å². The molecule has 1 aromatic carbocycles. The van der Waals surface area contributed by atoms with E-state index < -0.39 is 11.2 Å². The van der Waals surface area contributed by atoms with Gasteiger partial charge in [0.1, 0.15) is 5.82 Å². The van der Waals surface area contributed by atoms with Crippen molar-refractivity contribution in [3.63, 3.8) is 0 Å². The van der Waals surface area contributed by atoms with Crippen LogP contribution in [0.3, 0.4) is 0 Å². The molecule has 3 aromatic rings. The summed E-state index contributed by atoms with van der Waals surface area (Å²) in [6.07, 6.45) is 5.00. The number of rotatable bonds is 9. The number of para-hydroxylation sites is 1. The second-order valence-electron chi connectivity index (χ2n) is 8.20. The van der Waals surface area contributed by atoms with Crippen LogP contribution in [0.1, 0.15) is 39.2 Å². The quantitative estimate of drug-likeness (QED) is 0.531. The minimum Gasteiger partial charge on any atom is -0.383 e. The Balaban J connectivity index is 1.93. The monoisotopic (exact) mass is 438 g/mol. The van der Waals surface area contributed by atoms with E-state index in [1.54, 1.807) is 17.1 Å². The minimum atomic E-state index is -0.656. The molecule has 0 fully saturated rings. The zero-order chi connectivity index (χ0) is 23.3. The normalized spacial score (nSPS) is 11.1. The van der Waals surface area contributed by atoms with Gasteiger partial charge in [-0.2, -0.15) is 5.10 Å². The Morgan fingerprint density at radius 3 is 2.59 bits per heavy atom. The van der Waals surface area contributed by atoms with Gasteiger partial charge in [-0.15, -0.1) is 0 Å². The predicted octanol–water partition coefficient (Wildman–Crippen LogP) is 2.34. The summed E-state index contributed by atoms with van der Waals surface area (Å²) in [5.74, 6) is -0.132. The number of benzene rings is 1. The maximum atomic E-state index is 13.3. The fourth-order valence-corrected chi connectivity index (χ4v) is 3.51. The number of nitrogens with zero attached hydrogens (tertiary/aromatic N) is 4. The van der Waals surface area contributed by atoms with Crippen LogP contribution in [0.15, 0.2) is 52.3 Å². The van der Waals surface area contributed by atoms with Crippen LogP contribution in [0.5, 0.6) is 0 Å². The van der Waals surface area contributed by atoms with Gasteiger partial charge >= 0.3 is 5.69 Å². The van der Waals surface area contributed by atoms with Crippen molar-refractivity contribution >= 4 is 17.4 Å². The fraction of sp³-hybridized carbons (Fsp3) is 0.391. The molecule has 0 atom stereocenters. The summed E-state index contributed by atoms with van der Waals surface area (Å²) in [4.78, 5) is 42.0. The molecule has 0 aliphatic heterocycles. The van der Waals surface area contributed by atoms with E-state index in [0.29, 0.717) is 25.1 Å². The van der Waals surface area contributed by atoms with Crippen molar-refractivity contribution in [1.82, 2.24) is 19.3 Å². The van der Waals surface area contributed by atoms with Gasteiger partial charge in [0.05, 0.1) is 18.3 Å². The molecule has 0 bridgehead atoms. The molecule has 9 nitrogen and oxygen atoms in total. The molecule has 0 saturated carbocycles. The Labute approximate surface area is 186 Å². The van der Waals surface area contributed by atoms with Gasteiger partial charge in [0.15, 0.2) is 5.69 Å². The van der Waals surface area contributed by atoms with Crippen molar-refractivity contribution in [2.45, 2.75) is 46.6 Å². The molecule has 170 valence electrons. The molecule has 1 amide bonds. The summed E-state index contributed by atoms with van der Waals surface area (Å²) >= 11 is 0. The van der Waals surface area contributed by atoms with Crippen LogP contribution >= 0.6 is 0 Å². The number of unbranched alkanes of at least 4 members (excludes halogenated alkanes) is 1. The van der Waals surface area contributed by atoms with E-state index in [0.717, 1.165) is 12.1 Å². The number of hydrogen-bond acceptors (Lipinski definition) is 5. The number of anilines is 2. The molecule has 32 heavy (non-hydrogen) atoms. The van der Waals surface area contributed by atoms with Gasteiger partial charge in [-0.1, -0.05) is 45.4 Å². The molecule has 3 rings (SSSR count). The third-order valence-corrected chi connectivity index (χ3v) is 5.08. The lowest BCUT2D eigenvalue weighted by Gasteiger charge is -2.24. The van der Waals surface area contributed by atoms with Gasteiger partial charge in [0.2, 0.25) is 5.91 Å². The Kier molecular flexibility index (Phi) is 7.29. The summed E-state index contributed by atoms with van der Waals surface area (Å²) in [6, 6.07) is 9.59. The first-order chi connectivity index (χ1) is 15.3. The van der Waals surface area contributed by atoms with Crippen LogP contribution in [0.4, 0.5) is 11.5 Å². The highest BCUT2D eigenvalue weighted by Crippen LogP contribution is 2.20. The molecule has 2 heterocycles. The first-order valence-corrected chi connectivity index (χ1v) is 10.8. The molecule has 2 aromatic heterocycles. The third kappa shape index (κ3) is 5.16. The van der Waals surface area contributed by atoms with Crippen molar-refractivity contribution < 1.29 is 4.79 Å². The highest BCUT2D eigenvalue weighted by atomic mass is 16.2. The SMILES string of the molecule is CCCCN(C(=O)Cc1cnn(-c2ccccc2)c1)c1c(N)n(CC(C)C)c(=O)[nH]c1=O. The maximum Gasteiger partial charge on any atom is 0.330 e. The first-order valence-electron chi connectivity index (χ1n) is 10.8. The van der Waals surface area contributed by atoms with Gasteiger partial charge in [-0.25, -0.2) is 9.48 Å². The fourth-order valence-electron chi connectivity index (χ4n) is 3.51. The van der Waals surface area contributed by atoms with Crippen LogP contribution in [-0.4, -0.2) is 31.8 Å². The van der Waals surface area contributed by atoms with E-state index >= 15 is 0 Å². The molecule has 0 saturated heterocycles. The van der Waals surface area contributed by atoms with Crippen molar-refractivity contribution in [2.75, 3.05) is 17.2 Å². The number of aromatic nitrogens is 4. The molecule has 0 spiro atoms. The number of hydrogen-bond donors (Lipinski definition) is 2. The second-order valence-corrected chi connectivity index (χ2v) is 8.20. The molecule has 0 radical (unpaired) electrons. The standard InChI is InChI=1S/C23H30N6O3/c1-4-5-11-27(20-21(24)28(14-16(2)3)23(32)26-22(20)31)19(30)12-17-13-25-29(15-17)18-9-7-6-8-10-18/h6-10,13,15-16H,4-5,11-12,14,24H2,1-3H3,(H,26,31,32). The number of nitrogens with one attached hydrogen (secondary N) is 1. The zero-order valence-corrected chi connectivity index (χ0v) is 18.7. The highest BCUT2D eigenvalue weighted by Gasteiger charge is 2.24. The van der Waals surface area contributed by atoms with Crippen LogP contribution in [0.25, 0.3) is 5.69 Å². The molecule has 0 unspecified atom stereocenters. The number of carbonyl (C=O) groups excluding carboxylic acids is 1. The molecular formula is C23H30N6O3. The largest absolute Gasteiger partial charge is 0.383 e. The highest BCUT2D eigenvalue weighted by molar-refractivity contribution is 5.96. The van der Waals surface area contributed by atoms with E-state index in [4.69, 9.17) is 5.73 Å². The molecule has 3 N–H and O–H groups in total. The van der Waals surface area contributed by atoms with Crippen LogP contribution in [0.2, 0.25) is 0 Å². The minimum absolute atomic E-state index is 0.0110. The maximum absolute atomic E-state index is 13.3. The summed E-state index contributed by atoms with van der Waals surface area (Å²) < 4.78 is 3.02. The van der Waals surface area contributed by atoms with Gasteiger partial charge < -0.3 is 10.6 Å². The third-order valence-electron chi connectivity index (χ3n) is 5.08. The lowest BCUT2D eigenvalue weighted by Crippen LogP contribution is -2.42. The van der Waals surface area contributed by atoms with Crippen molar-refractivity contribution in [3.8, 4) is 5.69 Å². The number of H-pyrrole nitrogens is 1. The number of carbonyl (C=O) groups is 1. The zero-order valence-electron chi connectivity index (χ0n) is 18.7. The van der Waals surface area contributed by atoms with E-state index in [1.165, 1.54) is 9.47 Å². The van der Waals surface area contributed by atoms with Crippen molar-refractivity contribution in [3.05, 3.63) is 69.1 Å². The number of aromatic amines is 1. The summed E-state index contributed by atoms with van der Waals surface area (Å²) in [5.41, 5.74) is 6.65. The topological polar surface area (TPSA) is 119 Å². The smallest absolute Gasteiger partial charge is 0.330 e. The average molecular weight is 439 g/mol. The number of amides is 1. The number of nitrogen functional groups attached to an aromatic ring is 1. The molecule has 0 aliphatic rings. The van der Waals surface area contributed by atoms with Crippen molar-refractivity contribution in [2.24, 2.45) is 5.92 Å². The first kappa shape index (κ1) is 23.1. The summed E-state index contributed by atoms with van der Waals surface area (Å²) in [7, 11) is 0. The molecule has 0 aliphatic carbocycles. The van der Waals surface area contributed by atoms with Crippen molar-refractivity contribution in [1.29, 1.82) is 0 Å². The van der Waals surface area contributed by atoms with E-state index in [2.05, 4.69) is 10.1 Å². The van der Waals surface area contributed by atoms with Gasteiger partial charge in [0, 0.05) is 19.3 Å². The Morgan fingerprint density at radius 1 is 1.22 bits per heavy atom. The van der Waals surface area contributed by atoms with E-state index in [1.807, 2.05) is 51.1 Å². The van der Waals surface area contributed by atoms with E-state index in [-0.39, 0.29) is 29.8 Å². The van der Waals surface area contributed by atoms with E-state index in [9.17, 15) is 14.4 Å². The lowest BCUT2D eigenvalue weighted by atomic mass is 10.2. The second kappa shape index (κ2) is 10.1. The molecule has 9 heteroatoms. The predicted molar refractivity (Wildman–Crippen MR) is 125 cm³/mol. The summed E-state index contributed by atoms with van der Waals surface area (Å²) in [5, 5.41) is 4.34. The van der Waals surface area contributed by atoms with Crippen LogP contribution < -0.4 is 21.9 Å². The van der Waals surface area contributed by atoms with Gasteiger partial charge in [-0.05, 0) is 30.0 Å². The molecular weight excluding hydrogens is 408 g/mol. The average Bonchev–Trinajstić information content (AvgIpc) is 3.22. The Morgan fingerprint density at radius 2 is 1.94 bits per heavy atom. The summed E-state index contributed by atoms with van der Waals surface area (Å²) in [6.45, 7) is 6.56. The van der Waals surface area contributed by atoms with Crippen LogP contribution in [0, 0.1) is 5.92 Å². The number of nitrogens with two attached hydrogens (primary N) is 1. The van der Waals surface area contributed by atoms with Gasteiger partial charge in [-0.3, -0.25) is 19.1 Å².